The van der Waals surface area contributed by atoms with Gasteiger partial charge in [0.2, 0.25) is 5.43 Å². The first kappa shape index (κ1) is 19.1. The zero-order chi connectivity index (χ0) is 17.1. The van der Waals surface area contributed by atoms with Crippen molar-refractivity contribution in [2.45, 2.75) is 25.8 Å². The highest BCUT2D eigenvalue weighted by Crippen LogP contribution is 2.13. The van der Waals surface area contributed by atoms with Crippen LogP contribution in [0.3, 0.4) is 0 Å². The first-order chi connectivity index (χ1) is 11.6. The Hall–Kier alpha value is -2.25. The molecule has 8 heteroatoms. The maximum absolute atomic E-state index is 14.0. The lowest BCUT2D eigenvalue weighted by Crippen LogP contribution is -2.39. The molecule has 134 valence electrons. The minimum atomic E-state index is -0.543. The fourth-order valence-corrected chi connectivity index (χ4v) is 2.80. The molecule has 2 aromatic rings. The summed E-state index contributed by atoms with van der Waals surface area (Å²) in [6, 6.07) is 7.60. The zero-order valence-corrected chi connectivity index (χ0v) is 14.6. The second-order valence-corrected chi connectivity index (χ2v) is 5.87. The van der Waals surface area contributed by atoms with Gasteiger partial charge in [-0.05, 0) is 38.4 Å². The molecule has 1 saturated heterocycles. The van der Waals surface area contributed by atoms with Crippen LogP contribution in [-0.4, -0.2) is 34.8 Å². The number of nitrogens with zero attached hydrogens (tertiary/aromatic N) is 2. The van der Waals surface area contributed by atoms with Crippen molar-refractivity contribution in [2.24, 2.45) is 0 Å². The summed E-state index contributed by atoms with van der Waals surface area (Å²) < 4.78 is 15.3. The van der Waals surface area contributed by atoms with Gasteiger partial charge in [0.25, 0.3) is 5.91 Å². The number of hydrogen-bond acceptors (Lipinski definition) is 4. The zero-order valence-electron chi connectivity index (χ0n) is 13.8. The highest BCUT2D eigenvalue weighted by molar-refractivity contribution is 5.92. The molecule has 1 aliphatic rings. The molecule has 1 fully saturated rings. The van der Waals surface area contributed by atoms with E-state index in [0.717, 1.165) is 19.4 Å². The van der Waals surface area contributed by atoms with Gasteiger partial charge in [0.15, 0.2) is 5.69 Å². The lowest BCUT2D eigenvalue weighted by molar-refractivity contribution is 0.0942. The number of aromatic nitrogens is 2. The number of hydrogen-bond donors (Lipinski definition) is 2. The van der Waals surface area contributed by atoms with E-state index in [9.17, 15) is 14.0 Å². The summed E-state index contributed by atoms with van der Waals surface area (Å²) in [4.78, 5) is 24.4. The van der Waals surface area contributed by atoms with E-state index in [1.807, 2.05) is 0 Å². The topological polar surface area (TPSA) is 76.0 Å². The predicted molar refractivity (Wildman–Crippen MR) is 95.1 cm³/mol. The Kier molecular flexibility index (Phi) is 6.27. The number of carbonyl (C=O) groups is 1. The number of aryl methyl sites for hydroxylation is 1. The summed E-state index contributed by atoms with van der Waals surface area (Å²) in [7, 11) is 0. The quantitative estimate of drug-likeness (QED) is 0.861. The van der Waals surface area contributed by atoms with Crippen LogP contribution in [0.4, 0.5) is 4.39 Å². The van der Waals surface area contributed by atoms with Crippen molar-refractivity contribution in [2.75, 3.05) is 13.1 Å². The summed E-state index contributed by atoms with van der Waals surface area (Å²) in [6.45, 7) is 3.02. The van der Waals surface area contributed by atoms with Crippen molar-refractivity contribution in [1.29, 1.82) is 0 Å². The molecule has 0 aliphatic carbocycles. The fraction of sp³-hybridized carbons (Fsp3) is 0.353. The maximum atomic E-state index is 14.0. The van der Waals surface area contributed by atoms with Gasteiger partial charge in [-0.25, -0.2) is 9.07 Å². The monoisotopic (exact) mass is 366 g/mol. The SMILES string of the molecule is Cc1cc(=O)c(C(=O)NCC2CCCN2)nn1-c1ccccc1F.Cl. The van der Waals surface area contributed by atoms with Crippen molar-refractivity contribution < 1.29 is 9.18 Å². The second-order valence-electron chi connectivity index (χ2n) is 5.87. The molecule has 0 saturated carbocycles. The van der Waals surface area contributed by atoms with Crippen molar-refractivity contribution >= 4 is 18.3 Å². The fourth-order valence-electron chi connectivity index (χ4n) is 2.80. The molecule has 1 amide bonds. The van der Waals surface area contributed by atoms with Gasteiger partial charge >= 0.3 is 0 Å². The Balaban J connectivity index is 0.00000225. The first-order valence-electron chi connectivity index (χ1n) is 7.94. The third-order valence-corrected chi connectivity index (χ3v) is 4.07. The lowest BCUT2D eigenvalue weighted by atomic mass is 10.2. The Morgan fingerprint density at radius 2 is 2.20 bits per heavy atom. The molecular weight excluding hydrogens is 347 g/mol. The molecule has 2 N–H and O–H groups in total. The Morgan fingerprint density at radius 1 is 1.44 bits per heavy atom. The van der Waals surface area contributed by atoms with Crippen LogP contribution >= 0.6 is 12.4 Å². The predicted octanol–water partition coefficient (Wildman–Crippen LogP) is 1.58. The van der Waals surface area contributed by atoms with Gasteiger partial charge in [-0.1, -0.05) is 12.1 Å². The minimum Gasteiger partial charge on any atom is -0.349 e. The molecule has 0 bridgehead atoms. The summed E-state index contributed by atoms with van der Waals surface area (Å²) in [5.41, 5.74) is -0.0561. The van der Waals surface area contributed by atoms with Crippen LogP contribution in [0, 0.1) is 12.7 Å². The molecule has 6 nitrogen and oxygen atoms in total. The van der Waals surface area contributed by atoms with Gasteiger partial charge in [-0.3, -0.25) is 9.59 Å². The van der Waals surface area contributed by atoms with Gasteiger partial charge in [-0.2, -0.15) is 5.10 Å². The van der Waals surface area contributed by atoms with Crippen molar-refractivity contribution in [3.8, 4) is 5.69 Å². The van der Waals surface area contributed by atoms with Crippen LogP contribution in [0.5, 0.6) is 0 Å². The van der Waals surface area contributed by atoms with Crippen molar-refractivity contribution in [3.05, 3.63) is 57.8 Å². The summed E-state index contributed by atoms with van der Waals surface area (Å²) in [5.74, 6) is -1.02. The molecule has 3 rings (SSSR count). The molecule has 1 aromatic heterocycles. The number of amides is 1. The van der Waals surface area contributed by atoms with Gasteiger partial charge in [0.1, 0.15) is 11.5 Å². The number of carbonyl (C=O) groups excluding carboxylic acids is 1. The van der Waals surface area contributed by atoms with Crippen LogP contribution in [-0.2, 0) is 0 Å². The van der Waals surface area contributed by atoms with Gasteiger partial charge in [0.05, 0.1) is 0 Å². The van der Waals surface area contributed by atoms with Gasteiger partial charge in [0, 0.05) is 24.3 Å². The molecule has 1 atom stereocenters. The van der Waals surface area contributed by atoms with Gasteiger partial charge in [-0.15, -0.1) is 12.4 Å². The Bertz CT molecular complexity index is 819. The van der Waals surface area contributed by atoms with E-state index in [-0.39, 0.29) is 29.8 Å². The average molecular weight is 367 g/mol. The summed E-state index contributed by atoms with van der Waals surface area (Å²) >= 11 is 0. The first-order valence-corrected chi connectivity index (χ1v) is 7.94. The van der Waals surface area contributed by atoms with Crippen LogP contribution in [0.1, 0.15) is 29.0 Å². The summed E-state index contributed by atoms with van der Waals surface area (Å²) in [5, 5.41) is 10.1. The number of rotatable bonds is 4. The minimum absolute atomic E-state index is 0. The van der Waals surface area contributed by atoms with Gasteiger partial charge < -0.3 is 10.6 Å². The number of benzene rings is 1. The third kappa shape index (κ3) is 4.24. The Morgan fingerprint density at radius 3 is 2.88 bits per heavy atom. The molecule has 1 unspecified atom stereocenters. The lowest BCUT2D eigenvalue weighted by Gasteiger charge is -2.13. The molecule has 1 aromatic carbocycles. The van der Waals surface area contributed by atoms with Crippen LogP contribution < -0.4 is 16.1 Å². The molecule has 25 heavy (non-hydrogen) atoms. The van der Waals surface area contributed by atoms with Crippen LogP contribution in [0.15, 0.2) is 35.1 Å². The largest absolute Gasteiger partial charge is 0.349 e. The third-order valence-electron chi connectivity index (χ3n) is 4.07. The van der Waals surface area contributed by atoms with Crippen molar-refractivity contribution in [1.82, 2.24) is 20.4 Å². The highest BCUT2D eigenvalue weighted by Gasteiger charge is 2.19. The number of para-hydroxylation sites is 1. The molecule has 0 spiro atoms. The summed E-state index contributed by atoms with van der Waals surface area (Å²) in [6.07, 6.45) is 2.06. The Labute approximate surface area is 150 Å². The smallest absolute Gasteiger partial charge is 0.275 e. The standard InChI is InChI=1S/C17H19FN4O2.ClH/c1-11-9-15(23)16(17(24)20-10-12-5-4-8-19-12)21-22(11)14-7-3-2-6-13(14)18;/h2-3,6-7,9,12,19H,4-5,8,10H2,1H3,(H,20,24);1H. The van der Waals surface area contributed by atoms with Crippen molar-refractivity contribution in [3.63, 3.8) is 0 Å². The molecule has 1 aliphatic heterocycles. The van der Waals surface area contributed by atoms with E-state index >= 15 is 0 Å². The average Bonchev–Trinajstić information content (AvgIpc) is 3.07. The molecular formula is C17H20ClFN4O2. The normalized spacial score (nSPS) is 16.3. The van der Waals surface area contributed by atoms with E-state index in [0.29, 0.717) is 12.2 Å². The number of halogens is 2. The van der Waals surface area contributed by atoms with E-state index in [1.165, 1.54) is 16.8 Å². The molecule has 2 heterocycles. The highest BCUT2D eigenvalue weighted by atomic mass is 35.5. The van der Waals surface area contributed by atoms with E-state index in [2.05, 4.69) is 15.7 Å². The van der Waals surface area contributed by atoms with E-state index in [1.54, 1.807) is 25.1 Å². The van der Waals surface area contributed by atoms with E-state index < -0.39 is 17.2 Å². The number of nitrogens with one attached hydrogen (secondary N) is 2. The van der Waals surface area contributed by atoms with E-state index in [4.69, 9.17) is 0 Å². The second kappa shape index (κ2) is 8.22. The van der Waals surface area contributed by atoms with Crippen LogP contribution in [0.2, 0.25) is 0 Å². The van der Waals surface area contributed by atoms with Crippen LogP contribution in [0.25, 0.3) is 5.69 Å². The maximum Gasteiger partial charge on any atom is 0.275 e. The molecule has 0 radical (unpaired) electrons.